The van der Waals surface area contributed by atoms with Gasteiger partial charge in [0.15, 0.2) is 28.5 Å². The second-order valence-electron chi connectivity index (χ2n) is 13.5. The Morgan fingerprint density at radius 2 is 1.66 bits per heavy atom. The van der Waals surface area contributed by atoms with Gasteiger partial charge in [0.1, 0.15) is 12.2 Å². The average molecular weight is 582 g/mol. The Bertz CT molecular complexity index is 1340. The maximum Gasteiger partial charge on any atom is 0.292 e. The number of nitrogens with two attached hydrogens (primary N) is 1. The first kappa shape index (κ1) is 29.4. The van der Waals surface area contributed by atoms with E-state index in [4.69, 9.17) is 23.5 Å². The van der Waals surface area contributed by atoms with Gasteiger partial charge < -0.3 is 23.9 Å². The summed E-state index contributed by atoms with van der Waals surface area (Å²) in [6.07, 6.45) is -0.732. The lowest BCUT2D eigenvalue weighted by molar-refractivity contribution is -0.0534. The van der Waals surface area contributed by atoms with Crippen molar-refractivity contribution in [1.82, 2.24) is 9.55 Å². The number of aromatic nitrogens is 2. The van der Waals surface area contributed by atoms with Crippen LogP contribution in [0.1, 0.15) is 47.8 Å². The Hall–Kier alpha value is -1.55. The lowest BCUT2D eigenvalue weighted by Crippen LogP contribution is -2.59. The Labute approximate surface area is 229 Å². The van der Waals surface area contributed by atoms with Crippen molar-refractivity contribution in [2.75, 3.05) is 6.61 Å². The lowest BCUT2D eigenvalue weighted by Gasteiger charge is -2.43. The third-order valence-corrected chi connectivity index (χ3v) is 18.8. The molecule has 1 saturated heterocycles. The van der Waals surface area contributed by atoms with Crippen LogP contribution in [0.5, 0.6) is 0 Å². The van der Waals surface area contributed by atoms with Crippen molar-refractivity contribution in [3.05, 3.63) is 41.7 Å². The number of rotatable bonds is 6. The highest BCUT2D eigenvalue weighted by Crippen LogP contribution is 2.52. The van der Waals surface area contributed by atoms with Gasteiger partial charge in [-0.3, -0.25) is 0 Å². The molecule has 212 valence electrons. The van der Waals surface area contributed by atoms with E-state index in [0.29, 0.717) is 0 Å². The van der Waals surface area contributed by atoms with Gasteiger partial charge in [-0.2, -0.15) is 8.42 Å². The van der Waals surface area contributed by atoms with Gasteiger partial charge in [0.2, 0.25) is 0 Å². The highest BCUT2D eigenvalue weighted by molar-refractivity contribution is 7.90. The Morgan fingerprint density at radius 1 is 1.05 bits per heavy atom. The number of para-hydroxylation sites is 2. The molecule has 1 fully saturated rings. The van der Waals surface area contributed by atoms with E-state index in [1.165, 1.54) is 0 Å². The first-order chi connectivity index (χ1) is 17.2. The summed E-state index contributed by atoms with van der Waals surface area (Å²) in [6, 6.07) is 7.72. The smallest absolute Gasteiger partial charge is 0.292 e. The summed E-state index contributed by atoms with van der Waals surface area (Å²) < 4.78 is 53.8. The van der Waals surface area contributed by atoms with Gasteiger partial charge in [0.25, 0.3) is 10.1 Å². The highest BCUT2D eigenvalue weighted by atomic mass is 32.2. The lowest BCUT2D eigenvalue weighted by atomic mass is 9.89. The predicted octanol–water partition coefficient (Wildman–Crippen LogP) is 5.24. The summed E-state index contributed by atoms with van der Waals surface area (Å²) in [5.74, 6) is 0. The van der Waals surface area contributed by atoms with Crippen LogP contribution >= 0.6 is 0 Å². The van der Waals surface area contributed by atoms with Crippen molar-refractivity contribution < 1.29 is 26.2 Å². The van der Waals surface area contributed by atoms with Crippen LogP contribution in [-0.2, 0) is 27.9 Å². The molecule has 2 aliphatic rings. The van der Waals surface area contributed by atoms with Gasteiger partial charge in [0.05, 0.1) is 35.1 Å². The molecule has 4 atom stereocenters. The third-order valence-electron chi connectivity index (χ3n) is 8.83. The first-order valence-electron chi connectivity index (χ1n) is 13.0. The van der Waals surface area contributed by atoms with E-state index in [9.17, 15) is 8.42 Å². The topological polar surface area (TPSA) is 115 Å². The summed E-state index contributed by atoms with van der Waals surface area (Å²) in [5.41, 5.74) is 6.68. The monoisotopic (exact) mass is 581 g/mol. The van der Waals surface area contributed by atoms with E-state index in [1.54, 1.807) is 6.33 Å². The minimum Gasteiger partial charge on any atom is -0.414 e. The fourth-order valence-corrected chi connectivity index (χ4v) is 7.90. The summed E-state index contributed by atoms with van der Waals surface area (Å²) >= 11 is 0. The molecule has 2 N–H and O–H groups in total. The van der Waals surface area contributed by atoms with Crippen LogP contribution in [0, 0.1) is 0 Å². The molecule has 0 saturated carbocycles. The van der Waals surface area contributed by atoms with Crippen molar-refractivity contribution >= 4 is 37.8 Å². The minimum absolute atomic E-state index is 0.0558. The molecule has 4 rings (SSSR count). The molecule has 0 amide bonds. The highest BCUT2D eigenvalue weighted by Gasteiger charge is 2.67. The van der Waals surface area contributed by atoms with Crippen molar-refractivity contribution in [1.29, 1.82) is 0 Å². The van der Waals surface area contributed by atoms with Crippen molar-refractivity contribution in [3.63, 3.8) is 0 Å². The van der Waals surface area contributed by atoms with Gasteiger partial charge in [-0.15, -0.1) is 0 Å². The van der Waals surface area contributed by atoms with Gasteiger partial charge in [0, 0.05) is 0 Å². The predicted molar refractivity (Wildman–Crippen MR) is 154 cm³/mol. The molecule has 0 aliphatic carbocycles. The molecule has 1 aromatic heterocycles. The van der Waals surface area contributed by atoms with Crippen LogP contribution in [0.25, 0.3) is 11.0 Å². The van der Waals surface area contributed by atoms with Crippen molar-refractivity contribution in [2.24, 2.45) is 5.73 Å². The standard InChI is InChI=1S/C26H43N3O6SSi2/c1-24(2,3)37(7,8)32-15-21-26(20(27)16-36(30,31)35-26)22(34-38(9,10)25(4,5)6)23(33-21)29-17-28-18-13-11-12-14-19(18)29/h11-14,16-17,21-23H,15,27H2,1-10H3/t21-,22+,23-,26?/m1/s1. The largest absolute Gasteiger partial charge is 0.414 e. The molecular formula is C26H43N3O6SSi2. The number of ether oxygens (including phenoxy) is 1. The van der Waals surface area contributed by atoms with E-state index >= 15 is 0 Å². The maximum absolute atomic E-state index is 12.9. The van der Waals surface area contributed by atoms with E-state index in [0.717, 1.165) is 16.4 Å². The van der Waals surface area contributed by atoms with E-state index in [1.807, 2.05) is 28.8 Å². The normalized spacial score (nSPS) is 28.4. The molecule has 38 heavy (non-hydrogen) atoms. The van der Waals surface area contributed by atoms with Gasteiger partial charge >= 0.3 is 0 Å². The Morgan fingerprint density at radius 3 is 2.21 bits per heavy atom. The molecule has 9 nitrogen and oxygen atoms in total. The average Bonchev–Trinajstić information content (AvgIpc) is 3.37. The fraction of sp³-hybridized carbons (Fsp3) is 0.654. The summed E-state index contributed by atoms with van der Waals surface area (Å²) in [7, 11) is -8.77. The zero-order valence-electron chi connectivity index (χ0n) is 24.2. The zero-order chi connectivity index (χ0) is 28.5. The fourth-order valence-electron chi connectivity index (χ4n) is 4.40. The second-order valence-corrected chi connectivity index (χ2v) is 24.4. The number of nitrogens with zero attached hydrogens (tertiary/aromatic N) is 2. The van der Waals surface area contributed by atoms with Crippen molar-refractivity contribution in [3.8, 4) is 0 Å². The molecule has 2 aromatic rings. The van der Waals surface area contributed by atoms with Gasteiger partial charge in [-0.1, -0.05) is 53.7 Å². The number of fused-ring (bicyclic) bond motifs is 1. The summed E-state index contributed by atoms with van der Waals surface area (Å²) in [5, 5.41) is 0.771. The Kier molecular flexibility index (Phi) is 7.17. The van der Waals surface area contributed by atoms with Crippen LogP contribution in [0.3, 0.4) is 0 Å². The quantitative estimate of drug-likeness (QED) is 0.364. The summed E-state index contributed by atoms with van der Waals surface area (Å²) in [6.45, 7) is 21.5. The molecule has 0 bridgehead atoms. The molecular weight excluding hydrogens is 539 g/mol. The molecule has 1 aromatic carbocycles. The Balaban J connectivity index is 1.87. The summed E-state index contributed by atoms with van der Waals surface area (Å²) in [4.78, 5) is 4.56. The van der Waals surface area contributed by atoms with Crippen LogP contribution in [0.2, 0.25) is 36.3 Å². The molecule has 3 heterocycles. The van der Waals surface area contributed by atoms with Crippen LogP contribution < -0.4 is 5.73 Å². The van der Waals surface area contributed by atoms with E-state index < -0.39 is 50.8 Å². The van der Waals surface area contributed by atoms with Gasteiger partial charge in [-0.25, -0.2) is 9.17 Å². The minimum atomic E-state index is -4.06. The molecule has 1 spiro atoms. The van der Waals surface area contributed by atoms with E-state index in [-0.39, 0.29) is 22.4 Å². The number of hydrogen-bond donors (Lipinski definition) is 1. The molecule has 1 unspecified atom stereocenters. The van der Waals surface area contributed by atoms with Crippen LogP contribution in [-0.4, -0.2) is 59.0 Å². The zero-order valence-corrected chi connectivity index (χ0v) is 27.0. The van der Waals surface area contributed by atoms with Crippen LogP contribution in [0.15, 0.2) is 41.7 Å². The van der Waals surface area contributed by atoms with Gasteiger partial charge in [-0.05, 0) is 48.4 Å². The maximum atomic E-state index is 12.9. The number of benzene rings is 1. The SMILES string of the molecule is CC(C)(C)[Si](C)(C)OC[C@H]1O[C@@H](n2cnc3ccccc32)[C@H](O[Si](C)(C)C(C)(C)C)C12OS(=O)(=O)C=C2N. The van der Waals surface area contributed by atoms with E-state index in [2.05, 4.69) is 72.7 Å². The third kappa shape index (κ3) is 4.93. The molecule has 2 aliphatic heterocycles. The molecule has 0 radical (unpaired) electrons. The molecule has 12 heteroatoms. The van der Waals surface area contributed by atoms with Crippen molar-refractivity contribution in [2.45, 2.75) is 102 Å². The number of imidazole rings is 1. The van der Waals surface area contributed by atoms with Crippen LogP contribution in [0.4, 0.5) is 0 Å². The number of hydrogen-bond acceptors (Lipinski definition) is 8. The second kappa shape index (κ2) is 9.25. The first-order valence-corrected chi connectivity index (χ1v) is 20.3.